The predicted molar refractivity (Wildman–Crippen MR) is 110 cm³/mol. The SMILES string of the molecule is Cc1ccccc1-c1noc(CN2CCN(Cc3ccc(C(N)=O)cc3)CC2)n1. The number of hydrogen-bond acceptors (Lipinski definition) is 6. The Morgan fingerprint density at radius 2 is 1.66 bits per heavy atom. The number of amides is 1. The summed E-state index contributed by atoms with van der Waals surface area (Å²) in [5, 5.41) is 4.15. The molecule has 0 aliphatic carbocycles. The van der Waals surface area contributed by atoms with E-state index in [1.807, 2.05) is 43.3 Å². The van der Waals surface area contributed by atoms with Crippen molar-refractivity contribution in [3.05, 3.63) is 71.1 Å². The average molecular weight is 391 g/mol. The Hall–Kier alpha value is -3.03. The van der Waals surface area contributed by atoms with Crippen LogP contribution in [0.5, 0.6) is 0 Å². The first-order valence-corrected chi connectivity index (χ1v) is 9.80. The minimum atomic E-state index is -0.392. The summed E-state index contributed by atoms with van der Waals surface area (Å²) in [5.74, 6) is 0.909. The van der Waals surface area contributed by atoms with Crippen molar-refractivity contribution in [3.63, 3.8) is 0 Å². The Balaban J connectivity index is 1.29. The van der Waals surface area contributed by atoms with Crippen LogP contribution in [0.15, 0.2) is 53.1 Å². The maximum absolute atomic E-state index is 11.2. The Kier molecular flexibility index (Phi) is 5.69. The fourth-order valence-corrected chi connectivity index (χ4v) is 3.58. The standard InChI is InChI=1S/C22H25N5O2/c1-16-4-2-3-5-19(16)22-24-20(29-25-22)15-27-12-10-26(11-13-27)14-17-6-8-18(9-7-17)21(23)28/h2-9H,10-15H2,1H3,(H2,23,28). The lowest BCUT2D eigenvalue weighted by molar-refractivity contribution is 0.1000. The van der Waals surface area contributed by atoms with Crippen LogP contribution in [0.3, 0.4) is 0 Å². The number of rotatable bonds is 6. The Morgan fingerprint density at radius 1 is 1.00 bits per heavy atom. The molecule has 7 nitrogen and oxygen atoms in total. The van der Waals surface area contributed by atoms with Gasteiger partial charge in [0.1, 0.15) is 0 Å². The van der Waals surface area contributed by atoms with Crippen molar-refractivity contribution in [2.75, 3.05) is 26.2 Å². The van der Waals surface area contributed by atoms with Gasteiger partial charge in [-0.3, -0.25) is 14.6 Å². The second-order valence-electron chi connectivity index (χ2n) is 7.44. The van der Waals surface area contributed by atoms with Crippen molar-refractivity contribution in [2.45, 2.75) is 20.0 Å². The van der Waals surface area contributed by atoms with Crippen molar-refractivity contribution in [2.24, 2.45) is 5.73 Å². The van der Waals surface area contributed by atoms with Crippen LogP contribution in [-0.4, -0.2) is 52.0 Å². The number of primary amides is 1. The maximum Gasteiger partial charge on any atom is 0.248 e. The zero-order chi connectivity index (χ0) is 20.2. The minimum Gasteiger partial charge on any atom is -0.366 e. The molecule has 7 heteroatoms. The van der Waals surface area contributed by atoms with Gasteiger partial charge in [-0.25, -0.2) is 0 Å². The third kappa shape index (κ3) is 4.70. The van der Waals surface area contributed by atoms with Crippen LogP contribution in [0.1, 0.15) is 27.4 Å². The second kappa shape index (κ2) is 8.55. The van der Waals surface area contributed by atoms with Gasteiger partial charge in [-0.15, -0.1) is 0 Å². The normalized spacial score (nSPS) is 15.5. The first-order chi connectivity index (χ1) is 14.1. The van der Waals surface area contributed by atoms with E-state index in [0.29, 0.717) is 23.8 Å². The number of aryl methyl sites for hydroxylation is 1. The molecule has 2 N–H and O–H groups in total. The van der Waals surface area contributed by atoms with Crippen LogP contribution in [-0.2, 0) is 13.1 Å². The minimum absolute atomic E-state index is 0.392. The molecule has 29 heavy (non-hydrogen) atoms. The van der Waals surface area contributed by atoms with E-state index in [0.717, 1.165) is 43.9 Å². The molecule has 1 fully saturated rings. The summed E-state index contributed by atoms with van der Waals surface area (Å²) >= 11 is 0. The monoisotopic (exact) mass is 391 g/mol. The molecule has 1 saturated heterocycles. The highest BCUT2D eigenvalue weighted by atomic mass is 16.5. The number of benzene rings is 2. The summed E-state index contributed by atoms with van der Waals surface area (Å²) in [6, 6.07) is 15.6. The molecular weight excluding hydrogens is 366 g/mol. The fraction of sp³-hybridized carbons (Fsp3) is 0.318. The smallest absolute Gasteiger partial charge is 0.248 e. The molecule has 3 aromatic rings. The Labute approximate surface area is 170 Å². The van der Waals surface area contributed by atoms with Crippen molar-refractivity contribution in [1.82, 2.24) is 19.9 Å². The quantitative estimate of drug-likeness (QED) is 0.694. The summed E-state index contributed by atoms with van der Waals surface area (Å²) in [5.41, 5.74) is 9.17. The van der Waals surface area contributed by atoms with Crippen LogP contribution >= 0.6 is 0 Å². The van der Waals surface area contributed by atoms with Gasteiger partial charge in [0, 0.05) is 43.9 Å². The van der Waals surface area contributed by atoms with Crippen LogP contribution in [0, 0.1) is 6.92 Å². The van der Waals surface area contributed by atoms with Gasteiger partial charge < -0.3 is 10.3 Å². The molecule has 1 aromatic heterocycles. The zero-order valence-electron chi connectivity index (χ0n) is 16.5. The molecule has 0 unspecified atom stereocenters. The van der Waals surface area contributed by atoms with Crippen molar-refractivity contribution >= 4 is 5.91 Å². The van der Waals surface area contributed by atoms with Gasteiger partial charge in [-0.1, -0.05) is 41.6 Å². The molecule has 1 aliphatic heterocycles. The van der Waals surface area contributed by atoms with Gasteiger partial charge in [0.05, 0.1) is 6.54 Å². The second-order valence-corrected chi connectivity index (χ2v) is 7.44. The number of aromatic nitrogens is 2. The van der Waals surface area contributed by atoms with Crippen molar-refractivity contribution < 1.29 is 9.32 Å². The number of nitrogens with zero attached hydrogens (tertiary/aromatic N) is 4. The van der Waals surface area contributed by atoms with Crippen molar-refractivity contribution in [3.8, 4) is 11.4 Å². The molecule has 1 aliphatic rings. The molecule has 0 saturated carbocycles. The van der Waals surface area contributed by atoms with E-state index in [4.69, 9.17) is 10.3 Å². The third-order valence-corrected chi connectivity index (χ3v) is 5.32. The largest absolute Gasteiger partial charge is 0.366 e. The van der Waals surface area contributed by atoms with Crippen LogP contribution < -0.4 is 5.73 Å². The van der Waals surface area contributed by atoms with Gasteiger partial charge >= 0.3 is 0 Å². The molecule has 0 atom stereocenters. The van der Waals surface area contributed by atoms with E-state index in [1.165, 1.54) is 5.56 Å². The predicted octanol–water partition coefficient (Wildman–Crippen LogP) is 2.46. The first kappa shape index (κ1) is 19.3. The van der Waals surface area contributed by atoms with E-state index < -0.39 is 5.91 Å². The molecular formula is C22H25N5O2. The lowest BCUT2D eigenvalue weighted by Crippen LogP contribution is -2.45. The molecule has 1 amide bonds. The van der Waals surface area contributed by atoms with Gasteiger partial charge in [-0.2, -0.15) is 4.98 Å². The molecule has 0 bridgehead atoms. The van der Waals surface area contributed by atoms with E-state index in [2.05, 4.69) is 19.9 Å². The average Bonchev–Trinajstić information content (AvgIpc) is 3.18. The van der Waals surface area contributed by atoms with Gasteiger partial charge in [0.15, 0.2) is 0 Å². The number of hydrogen-bond donors (Lipinski definition) is 1. The number of nitrogens with two attached hydrogens (primary N) is 1. The molecule has 0 spiro atoms. The molecule has 0 radical (unpaired) electrons. The summed E-state index contributed by atoms with van der Waals surface area (Å²) in [6.45, 7) is 7.41. The summed E-state index contributed by atoms with van der Waals surface area (Å²) in [7, 11) is 0. The van der Waals surface area contributed by atoms with E-state index >= 15 is 0 Å². The first-order valence-electron chi connectivity index (χ1n) is 9.80. The number of piperazine rings is 1. The molecule has 2 heterocycles. The van der Waals surface area contributed by atoms with Gasteiger partial charge in [0.2, 0.25) is 17.6 Å². The molecule has 4 rings (SSSR count). The van der Waals surface area contributed by atoms with Crippen LogP contribution in [0.25, 0.3) is 11.4 Å². The third-order valence-electron chi connectivity index (χ3n) is 5.32. The Bertz CT molecular complexity index is 975. The number of carbonyl (C=O) groups excluding carboxylic acids is 1. The summed E-state index contributed by atoms with van der Waals surface area (Å²) in [4.78, 5) is 20.5. The fourth-order valence-electron chi connectivity index (χ4n) is 3.58. The van der Waals surface area contributed by atoms with Crippen LogP contribution in [0.4, 0.5) is 0 Å². The number of carbonyl (C=O) groups is 1. The van der Waals surface area contributed by atoms with E-state index in [9.17, 15) is 4.79 Å². The zero-order valence-corrected chi connectivity index (χ0v) is 16.5. The van der Waals surface area contributed by atoms with E-state index in [-0.39, 0.29) is 0 Å². The summed E-state index contributed by atoms with van der Waals surface area (Å²) < 4.78 is 5.48. The Morgan fingerprint density at radius 3 is 2.31 bits per heavy atom. The lowest BCUT2D eigenvalue weighted by Gasteiger charge is -2.33. The molecule has 150 valence electrons. The lowest BCUT2D eigenvalue weighted by atomic mass is 10.1. The maximum atomic E-state index is 11.2. The highest BCUT2D eigenvalue weighted by Crippen LogP contribution is 2.20. The molecule has 2 aromatic carbocycles. The highest BCUT2D eigenvalue weighted by molar-refractivity contribution is 5.92. The van der Waals surface area contributed by atoms with Gasteiger partial charge in [0.25, 0.3) is 0 Å². The van der Waals surface area contributed by atoms with Gasteiger partial charge in [-0.05, 0) is 30.2 Å². The summed E-state index contributed by atoms with van der Waals surface area (Å²) in [6.07, 6.45) is 0. The van der Waals surface area contributed by atoms with E-state index in [1.54, 1.807) is 12.1 Å². The van der Waals surface area contributed by atoms with Crippen LogP contribution in [0.2, 0.25) is 0 Å². The highest BCUT2D eigenvalue weighted by Gasteiger charge is 2.20. The van der Waals surface area contributed by atoms with Crippen molar-refractivity contribution in [1.29, 1.82) is 0 Å². The topological polar surface area (TPSA) is 88.5 Å².